The second-order valence-corrected chi connectivity index (χ2v) is 4.40. The van der Waals surface area contributed by atoms with Crippen LogP contribution in [-0.2, 0) is 6.54 Å². The number of alkyl halides is 3. The number of thiocarbonyl (C=S) groups is 1. The van der Waals surface area contributed by atoms with E-state index >= 15 is 0 Å². The molecule has 0 saturated heterocycles. The van der Waals surface area contributed by atoms with Crippen LogP contribution in [-0.4, -0.2) is 29.7 Å². The Kier molecular flexibility index (Phi) is 4.64. The highest BCUT2D eigenvalue weighted by molar-refractivity contribution is 7.80. The number of benzene rings is 1. The summed E-state index contributed by atoms with van der Waals surface area (Å²) in [6.45, 7) is -1.23. The van der Waals surface area contributed by atoms with Crippen molar-refractivity contribution < 1.29 is 17.6 Å². The van der Waals surface area contributed by atoms with E-state index in [9.17, 15) is 17.6 Å². The first kappa shape index (κ1) is 14.8. The van der Waals surface area contributed by atoms with Gasteiger partial charge in [0.1, 0.15) is 10.8 Å². The summed E-state index contributed by atoms with van der Waals surface area (Å²) in [5, 5.41) is 0. The van der Waals surface area contributed by atoms with E-state index in [2.05, 4.69) is 12.2 Å². The van der Waals surface area contributed by atoms with E-state index in [4.69, 9.17) is 5.73 Å². The molecule has 1 rings (SSSR count). The van der Waals surface area contributed by atoms with Crippen molar-refractivity contribution in [2.45, 2.75) is 12.7 Å². The third kappa shape index (κ3) is 4.58. The molecule has 18 heavy (non-hydrogen) atoms. The maximum Gasteiger partial charge on any atom is 0.401 e. The highest BCUT2D eigenvalue weighted by Crippen LogP contribution is 2.18. The van der Waals surface area contributed by atoms with Crippen molar-refractivity contribution in [3.8, 4) is 0 Å². The van der Waals surface area contributed by atoms with E-state index in [0.717, 1.165) is 11.0 Å². The van der Waals surface area contributed by atoms with Gasteiger partial charge in [-0.3, -0.25) is 4.90 Å². The van der Waals surface area contributed by atoms with Crippen LogP contribution in [0.15, 0.2) is 18.2 Å². The minimum Gasteiger partial charge on any atom is -0.389 e. The molecule has 0 amide bonds. The van der Waals surface area contributed by atoms with E-state index in [0.29, 0.717) is 5.56 Å². The molecule has 0 aliphatic carbocycles. The Balaban J connectivity index is 2.77. The van der Waals surface area contributed by atoms with Crippen LogP contribution in [0.4, 0.5) is 17.6 Å². The topological polar surface area (TPSA) is 29.3 Å². The molecular formula is C11H12F4N2S. The molecule has 0 unspecified atom stereocenters. The Morgan fingerprint density at radius 2 is 2.00 bits per heavy atom. The zero-order valence-corrected chi connectivity index (χ0v) is 10.4. The molecule has 0 fully saturated rings. The summed E-state index contributed by atoms with van der Waals surface area (Å²) in [7, 11) is 1.27. The van der Waals surface area contributed by atoms with Crippen LogP contribution in [0, 0.1) is 5.82 Å². The maximum absolute atomic E-state index is 13.6. The fourth-order valence-corrected chi connectivity index (χ4v) is 1.61. The lowest BCUT2D eigenvalue weighted by Gasteiger charge is -2.19. The minimum absolute atomic E-state index is 0.0455. The molecule has 0 aliphatic heterocycles. The standard InChI is InChI=1S/C11H12F4N2S/c1-17(6-11(13,14)15)5-8-3-2-7(10(16)18)4-9(8)12/h2-4H,5-6H2,1H3,(H2,16,18). The van der Waals surface area contributed by atoms with Gasteiger partial charge < -0.3 is 5.73 Å². The van der Waals surface area contributed by atoms with E-state index in [-0.39, 0.29) is 17.1 Å². The molecule has 2 nitrogen and oxygen atoms in total. The maximum atomic E-state index is 13.6. The van der Waals surface area contributed by atoms with Gasteiger partial charge in [-0.25, -0.2) is 4.39 Å². The molecule has 0 atom stereocenters. The molecule has 7 heteroatoms. The second kappa shape index (κ2) is 5.62. The average Bonchev–Trinajstić information content (AvgIpc) is 2.17. The highest BCUT2D eigenvalue weighted by atomic mass is 32.1. The SMILES string of the molecule is CN(Cc1ccc(C(N)=S)cc1F)CC(F)(F)F. The number of halogens is 4. The summed E-state index contributed by atoms with van der Waals surface area (Å²) in [5.41, 5.74) is 5.84. The average molecular weight is 280 g/mol. The zero-order chi connectivity index (χ0) is 13.9. The smallest absolute Gasteiger partial charge is 0.389 e. The predicted molar refractivity (Wildman–Crippen MR) is 64.7 cm³/mol. The van der Waals surface area contributed by atoms with Crippen molar-refractivity contribution in [2.75, 3.05) is 13.6 Å². The van der Waals surface area contributed by atoms with Crippen LogP contribution >= 0.6 is 12.2 Å². The van der Waals surface area contributed by atoms with Gasteiger partial charge in [-0.15, -0.1) is 0 Å². The summed E-state index contributed by atoms with van der Waals surface area (Å²) in [4.78, 5) is 1.03. The van der Waals surface area contributed by atoms with Crippen molar-refractivity contribution in [3.05, 3.63) is 35.1 Å². The number of hydrogen-bond acceptors (Lipinski definition) is 2. The van der Waals surface area contributed by atoms with E-state index in [1.807, 2.05) is 0 Å². The molecule has 0 saturated carbocycles. The van der Waals surface area contributed by atoms with Crippen LogP contribution < -0.4 is 5.73 Å². The largest absolute Gasteiger partial charge is 0.401 e. The third-order valence-corrected chi connectivity index (χ3v) is 2.46. The Morgan fingerprint density at radius 3 is 2.44 bits per heavy atom. The lowest BCUT2D eigenvalue weighted by molar-refractivity contribution is -0.144. The van der Waals surface area contributed by atoms with E-state index in [1.165, 1.54) is 19.2 Å². The minimum atomic E-state index is -4.30. The van der Waals surface area contributed by atoms with Gasteiger partial charge in [0.2, 0.25) is 0 Å². The van der Waals surface area contributed by atoms with Gasteiger partial charge in [0.25, 0.3) is 0 Å². The summed E-state index contributed by atoms with van der Waals surface area (Å²) in [6.07, 6.45) is -4.30. The molecule has 0 radical (unpaired) electrons. The quantitative estimate of drug-likeness (QED) is 0.678. The number of hydrogen-bond donors (Lipinski definition) is 1. The molecule has 0 bridgehead atoms. The van der Waals surface area contributed by atoms with E-state index < -0.39 is 18.5 Å². The van der Waals surface area contributed by atoms with Crippen LogP contribution in [0.1, 0.15) is 11.1 Å². The first-order valence-corrected chi connectivity index (χ1v) is 5.43. The summed E-state index contributed by atoms with van der Waals surface area (Å²) < 4.78 is 49.9. The van der Waals surface area contributed by atoms with Gasteiger partial charge in [0.15, 0.2) is 0 Å². The first-order chi connectivity index (χ1) is 8.19. The molecule has 0 aliphatic rings. The molecule has 0 spiro atoms. The third-order valence-electron chi connectivity index (χ3n) is 2.23. The summed E-state index contributed by atoms with van der Waals surface area (Å²) in [6, 6.07) is 4.00. The van der Waals surface area contributed by atoms with Crippen LogP contribution in [0.5, 0.6) is 0 Å². The van der Waals surface area contributed by atoms with Gasteiger partial charge in [0.05, 0.1) is 6.54 Å². The van der Waals surface area contributed by atoms with Gasteiger partial charge in [-0.1, -0.05) is 24.4 Å². The van der Waals surface area contributed by atoms with Crippen LogP contribution in [0.2, 0.25) is 0 Å². The predicted octanol–water partition coefficient (Wildman–Crippen LogP) is 2.45. The van der Waals surface area contributed by atoms with Crippen molar-refractivity contribution in [1.29, 1.82) is 0 Å². The molecule has 1 aromatic rings. The van der Waals surface area contributed by atoms with Gasteiger partial charge in [-0.05, 0) is 13.1 Å². The molecule has 100 valence electrons. The van der Waals surface area contributed by atoms with Crippen molar-refractivity contribution in [3.63, 3.8) is 0 Å². The Bertz CT molecular complexity index is 445. The summed E-state index contributed by atoms with van der Waals surface area (Å²) >= 11 is 4.68. The van der Waals surface area contributed by atoms with Crippen molar-refractivity contribution in [2.24, 2.45) is 5.73 Å². The number of nitrogens with zero attached hydrogens (tertiary/aromatic N) is 1. The Hall–Kier alpha value is -1.21. The molecule has 2 N–H and O–H groups in total. The monoisotopic (exact) mass is 280 g/mol. The molecular weight excluding hydrogens is 268 g/mol. The zero-order valence-electron chi connectivity index (χ0n) is 9.59. The fourth-order valence-electron chi connectivity index (χ4n) is 1.48. The van der Waals surface area contributed by atoms with Crippen LogP contribution in [0.3, 0.4) is 0 Å². The lowest BCUT2D eigenvalue weighted by Crippen LogP contribution is -2.30. The first-order valence-electron chi connectivity index (χ1n) is 5.02. The fraction of sp³-hybridized carbons (Fsp3) is 0.364. The Labute approximate surface area is 107 Å². The molecule has 0 heterocycles. The molecule has 1 aromatic carbocycles. The molecule has 0 aromatic heterocycles. The van der Waals surface area contributed by atoms with Gasteiger partial charge in [0, 0.05) is 17.7 Å². The van der Waals surface area contributed by atoms with E-state index in [1.54, 1.807) is 0 Å². The Morgan fingerprint density at radius 1 is 1.39 bits per heavy atom. The number of nitrogens with two attached hydrogens (primary N) is 1. The van der Waals surface area contributed by atoms with Crippen molar-refractivity contribution >= 4 is 17.2 Å². The van der Waals surface area contributed by atoms with Gasteiger partial charge in [-0.2, -0.15) is 13.2 Å². The van der Waals surface area contributed by atoms with Gasteiger partial charge >= 0.3 is 6.18 Å². The van der Waals surface area contributed by atoms with Crippen molar-refractivity contribution in [1.82, 2.24) is 4.90 Å². The normalized spacial score (nSPS) is 11.9. The lowest BCUT2D eigenvalue weighted by atomic mass is 10.1. The number of rotatable bonds is 4. The van der Waals surface area contributed by atoms with Crippen LogP contribution in [0.25, 0.3) is 0 Å². The highest BCUT2D eigenvalue weighted by Gasteiger charge is 2.29. The summed E-state index contributed by atoms with van der Waals surface area (Å²) in [5.74, 6) is -0.616. The second-order valence-electron chi connectivity index (χ2n) is 3.96.